The summed E-state index contributed by atoms with van der Waals surface area (Å²) in [4.78, 5) is 23.0. The van der Waals surface area contributed by atoms with Gasteiger partial charge < -0.3 is 9.47 Å². The fourth-order valence-corrected chi connectivity index (χ4v) is 7.78. The average Bonchev–Trinajstić information content (AvgIpc) is 2.98. The van der Waals surface area contributed by atoms with Crippen LogP contribution in [0.3, 0.4) is 0 Å². The molecule has 6 unspecified atom stereocenters. The minimum absolute atomic E-state index is 0.0708. The maximum absolute atomic E-state index is 13.1. The normalized spacial score (nSPS) is 47.2. The summed E-state index contributed by atoms with van der Waals surface area (Å²) in [5, 5.41) is -0.142. The van der Waals surface area contributed by atoms with Crippen molar-refractivity contribution in [3.8, 4) is 0 Å². The smallest absolute Gasteiger partial charge is 0.303 e. The van der Waals surface area contributed by atoms with E-state index in [-0.39, 0.29) is 46.1 Å². The van der Waals surface area contributed by atoms with Crippen LogP contribution in [-0.2, 0) is 29.9 Å². The van der Waals surface area contributed by atoms with Crippen LogP contribution in [0.25, 0.3) is 0 Å². The number of hydrogen-bond acceptors (Lipinski definition) is 5. The van der Waals surface area contributed by atoms with E-state index >= 15 is 0 Å². The molecule has 6 heteroatoms. The molecule has 4 rings (SSSR count). The molecule has 0 amide bonds. The van der Waals surface area contributed by atoms with Crippen molar-refractivity contribution in [1.29, 1.82) is 0 Å². The van der Waals surface area contributed by atoms with Crippen molar-refractivity contribution in [3.63, 3.8) is 0 Å². The zero-order valence-electron chi connectivity index (χ0n) is 13.5. The first kappa shape index (κ1) is 15.8. The molecule has 0 radical (unpaired) electrons. The Morgan fingerprint density at radius 1 is 0.792 bits per heavy atom. The molecule has 2 fully saturated rings. The van der Waals surface area contributed by atoms with Gasteiger partial charge in [-0.1, -0.05) is 24.3 Å². The van der Waals surface area contributed by atoms with Gasteiger partial charge >= 0.3 is 11.9 Å². The van der Waals surface area contributed by atoms with Gasteiger partial charge in [0.05, 0.1) is 0 Å². The quantitative estimate of drug-likeness (QED) is 0.559. The molecule has 2 saturated heterocycles. The third-order valence-electron chi connectivity index (χ3n) is 5.57. The first-order valence-electron chi connectivity index (χ1n) is 8.26. The largest absolute Gasteiger partial charge is 0.458 e. The Hall–Kier alpha value is -1.69. The SMILES string of the molecule is CC(=O)OC1C=CC(OC(C)=O)C2C1[C@H]1C3C=CC=CC3[C@H]2S1=O. The summed E-state index contributed by atoms with van der Waals surface area (Å²) in [5.41, 5.74) is 0. The van der Waals surface area contributed by atoms with Crippen LogP contribution in [0.15, 0.2) is 36.5 Å². The van der Waals surface area contributed by atoms with E-state index in [9.17, 15) is 13.8 Å². The Morgan fingerprint density at radius 3 is 1.58 bits per heavy atom. The van der Waals surface area contributed by atoms with Crippen LogP contribution in [0.5, 0.6) is 0 Å². The van der Waals surface area contributed by atoms with Gasteiger partial charge in [-0.15, -0.1) is 0 Å². The minimum atomic E-state index is -1.04. The third kappa shape index (κ3) is 2.23. The highest BCUT2D eigenvalue weighted by Crippen LogP contribution is 2.58. The molecule has 2 bridgehead atoms. The molecule has 8 atom stereocenters. The zero-order chi connectivity index (χ0) is 17.0. The molecular weight excluding hydrogens is 328 g/mol. The zero-order valence-corrected chi connectivity index (χ0v) is 14.3. The maximum atomic E-state index is 13.1. The van der Waals surface area contributed by atoms with Crippen molar-refractivity contribution in [3.05, 3.63) is 36.5 Å². The van der Waals surface area contributed by atoms with Gasteiger partial charge in [-0.05, 0) is 24.0 Å². The summed E-state index contributed by atoms with van der Waals surface area (Å²) < 4.78 is 24.1. The Balaban J connectivity index is 1.74. The predicted molar refractivity (Wildman–Crippen MR) is 88.2 cm³/mol. The fourth-order valence-electron chi connectivity index (χ4n) is 4.96. The Morgan fingerprint density at radius 2 is 1.21 bits per heavy atom. The number of esters is 2. The van der Waals surface area contributed by atoms with E-state index in [1.807, 2.05) is 12.2 Å². The lowest BCUT2D eigenvalue weighted by Crippen LogP contribution is -2.51. The van der Waals surface area contributed by atoms with Gasteiger partial charge in [0.1, 0.15) is 12.2 Å². The summed E-state index contributed by atoms with van der Waals surface area (Å²) in [6.45, 7) is 2.77. The predicted octanol–water partition coefficient (Wildman–Crippen LogP) is 1.52. The summed E-state index contributed by atoms with van der Waals surface area (Å²) in [6.07, 6.45) is 11.0. The van der Waals surface area contributed by atoms with Crippen LogP contribution in [-0.4, -0.2) is 38.9 Å². The summed E-state index contributed by atoms with van der Waals surface area (Å²) in [7, 11) is -1.04. The molecule has 2 aliphatic carbocycles. The van der Waals surface area contributed by atoms with Gasteiger partial charge in [0.2, 0.25) is 0 Å². The number of carbonyl (C=O) groups excluding carboxylic acids is 2. The molecule has 24 heavy (non-hydrogen) atoms. The van der Waals surface area contributed by atoms with E-state index in [4.69, 9.17) is 9.47 Å². The van der Waals surface area contributed by atoms with Crippen LogP contribution in [0.1, 0.15) is 13.8 Å². The molecule has 0 aromatic heterocycles. The highest BCUT2D eigenvalue weighted by molar-refractivity contribution is 7.87. The van der Waals surface area contributed by atoms with E-state index in [0.717, 1.165) is 0 Å². The van der Waals surface area contributed by atoms with Crippen LogP contribution in [0.4, 0.5) is 0 Å². The number of hydrogen-bond donors (Lipinski definition) is 0. The van der Waals surface area contributed by atoms with Crippen LogP contribution in [0, 0.1) is 23.7 Å². The minimum Gasteiger partial charge on any atom is -0.458 e. The molecule has 5 nitrogen and oxygen atoms in total. The second-order valence-corrected chi connectivity index (χ2v) is 8.62. The van der Waals surface area contributed by atoms with Crippen molar-refractivity contribution < 1.29 is 23.3 Å². The van der Waals surface area contributed by atoms with E-state index in [1.54, 1.807) is 12.2 Å². The Kier molecular flexibility index (Phi) is 3.75. The fraction of sp³-hybridized carbons (Fsp3) is 0.556. The molecule has 0 aromatic rings. The molecule has 0 aromatic carbocycles. The lowest BCUT2D eigenvalue weighted by atomic mass is 9.62. The standard InChI is InChI=1S/C18H20O5S/c1-9(19)22-13-7-8-14(23-10(2)20)16-15(13)17-11-5-3-4-6-12(11)18(16)24(17)21/h3-8,11-18H,1-2H3/t11?,12?,13?,14?,15?,16?,17-,18-,24?/m1/s1. The molecule has 2 heterocycles. The molecule has 0 spiro atoms. The van der Waals surface area contributed by atoms with E-state index in [2.05, 4.69) is 12.2 Å². The summed E-state index contributed by atoms with van der Waals surface area (Å²) in [5.74, 6) is -0.454. The maximum Gasteiger partial charge on any atom is 0.303 e. The first-order chi connectivity index (χ1) is 11.5. The highest BCUT2D eigenvalue weighted by Gasteiger charge is 2.66. The molecule has 128 valence electrons. The van der Waals surface area contributed by atoms with Gasteiger partial charge in [-0.2, -0.15) is 0 Å². The lowest BCUT2D eigenvalue weighted by Gasteiger charge is -2.44. The van der Waals surface area contributed by atoms with Crippen LogP contribution in [0.2, 0.25) is 0 Å². The Labute approximate surface area is 143 Å². The van der Waals surface area contributed by atoms with E-state index < -0.39 is 23.0 Å². The van der Waals surface area contributed by atoms with Gasteiger partial charge in [0.15, 0.2) is 0 Å². The molecule has 4 aliphatic rings. The first-order valence-corrected chi connectivity index (χ1v) is 9.54. The second-order valence-electron chi connectivity index (χ2n) is 6.87. The lowest BCUT2D eigenvalue weighted by molar-refractivity contribution is -0.156. The molecular formula is C18H20O5S. The molecule has 2 aliphatic heterocycles. The highest BCUT2D eigenvalue weighted by atomic mass is 32.2. The average molecular weight is 348 g/mol. The number of rotatable bonds is 2. The van der Waals surface area contributed by atoms with E-state index in [1.165, 1.54) is 13.8 Å². The molecule has 0 saturated carbocycles. The van der Waals surface area contributed by atoms with Crippen molar-refractivity contribution >= 4 is 22.7 Å². The van der Waals surface area contributed by atoms with Crippen molar-refractivity contribution in [1.82, 2.24) is 0 Å². The van der Waals surface area contributed by atoms with Gasteiger partial charge in [-0.25, -0.2) is 0 Å². The number of ether oxygens (including phenoxy) is 2. The van der Waals surface area contributed by atoms with Gasteiger partial charge in [0.25, 0.3) is 0 Å². The van der Waals surface area contributed by atoms with Crippen molar-refractivity contribution in [2.24, 2.45) is 23.7 Å². The number of allylic oxidation sites excluding steroid dienone is 4. The number of fused-ring (bicyclic) bond motifs is 8. The second kappa shape index (κ2) is 5.69. The number of carbonyl (C=O) groups is 2. The van der Waals surface area contributed by atoms with Gasteiger partial charge in [0, 0.05) is 47.0 Å². The topological polar surface area (TPSA) is 69.7 Å². The monoisotopic (exact) mass is 348 g/mol. The van der Waals surface area contributed by atoms with Gasteiger partial charge in [-0.3, -0.25) is 13.8 Å². The third-order valence-corrected chi connectivity index (χ3v) is 7.90. The molecule has 0 N–H and O–H groups in total. The van der Waals surface area contributed by atoms with Crippen LogP contribution >= 0.6 is 0 Å². The van der Waals surface area contributed by atoms with Crippen LogP contribution < -0.4 is 0 Å². The van der Waals surface area contributed by atoms with E-state index in [0.29, 0.717) is 0 Å². The van der Waals surface area contributed by atoms with Crippen molar-refractivity contribution in [2.45, 2.75) is 36.6 Å². The summed E-state index contributed by atoms with van der Waals surface area (Å²) >= 11 is 0. The van der Waals surface area contributed by atoms with Crippen molar-refractivity contribution in [2.75, 3.05) is 0 Å². The summed E-state index contributed by atoms with van der Waals surface area (Å²) in [6, 6.07) is 0. The Bertz CT molecular complexity index is 638.